The largest absolute Gasteiger partial charge is 0.311 e. The van der Waals surface area contributed by atoms with Crippen molar-refractivity contribution in [3.05, 3.63) is 0 Å². The van der Waals surface area contributed by atoms with Gasteiger partial charge in [-0.2, -0.15) is 0 Å². The Hall–Kier alpha value is -0.170. The zero-order valence-electron chi connectivity index (χ0n) is 9.12. The predicted molar refractivity (Wildman–Crippen MR) is 64.7 cm³/mol. The van der Waals surface area contributed by atoms with Crippen LogP contribution in [-0.2, 0) is 0 Å². The van der Waals surface area contributed by atoms with Crippen molar-refractivity contribution in [1.29, 1.82) is 0 Å². The van der Waals surface area contributed by atoms with Gasteiger partial charge in [-0.25, -0.2) is 0 Å². The molecule has 0 aromatic carbocycles. The normalized spacial score (nSPS) is 28.6. The number of terminal acetylenes is 1. The fraction of sp³-hybridized carbons (Fsp3) is 0.818. The van der Waals surface area contributed by atoms with E-state index in [2.05, 4.69) is 30.0 Å². The first-order chi connectivity index (χ1) is 6.74. The molecule has 0 bridgehead atoms. The second-order valence-electron chi connectivity index (χ2n) is 3.91. The fourth-order valence-corrected chi connectivity index (χ4v) is 2.35. The standard InChI is InChI=1S/C11H20N2S/c1-4-6-14-7-5-13-9-10(2)12-8-11(13)3/h1,10-12H,5-9H2,2-3H3. The number of hydrogen-bond acceptors (Lipinski definition) is 3. The van der Waals surface area contributed by atoms with Gasteiger partial charge >= 0.3 is 0 Å². The number of piperazine rings is 1. The van der Waals surface area contributed by atoms with E-state index in [0.717, 1.165) is 24.6 Å². The van der Waals surface area contributed by atoms with Crippen molar-refractivity contribution >= 4 is 11.8 Å². The van der Waals surface area contributed by atoms with Crippen molar-refractivity contribution in [2.75, 3.05) is 31.1 Å². The van der Waals surface area contributed by atoms with Crippen LogP contribution in [0.5, 0.6) is 0 Å². The van der Waals surface area contributed by atoms with Crippen LogP contribution >= 0.6 is 11.8 Å². The van der Waals surface area contributed by atoms with Crippen LogP contribution in [0.3, 0.4) is 0 Å². The van der Waals surface area contributed by atoms with Gasteiger partial charge in [0, 0.05) is 37.5 Å². The van der Waals surface area contributed by atoms with E-state index in [1.807, 2.05) is 11.8 Å². The second-order valence-corrected chi connectivity index (χ2v) is 5.02. The summed E-state index contributed by atoms with van der Waals surface area (Å²) >= 11 is 1.85. The highest BCUT2D eigenvalue weighted by Crippen LogP contribution is 2.08. The lowest BCUT2D eigenvalue weighted by atomic mass is 10.1. The van der Waals surface area contributed by atoms with E-state index in [4.69, 9.17) is 6.42 Å². The molecule has 0 radical (unpaired) electrons. The van der Waals surface area contributed by atoms with Gasteiger partial charge < -0.3 is 5.32 Å². The zero-order valence-corrected chi connectivity index (χ0v) is 9.94. The van der Waals surface area contributed by atoms with Gasteiger partial charge in [0.2, 0.25) is 0 Å². The summed E-state index contributed by atoms with van der Waals surface area (Å²) in [4.78, 5) is 2.55. The maximum Gasteiger partial charge on any atom is 0.0545 e. The Kier molecular flexibility index (Phi) is 5.39. The first kappa shape index (κ1) is 11.9. The molecule has 80 valence electrons. The lowest BCUT2D eigenvalue weighted by Gasteiger charge is -2.37. The van der Waals surface area contributed by atoms with Crippen LogP contribution in [0.2, 0.25) is 0 Å². The molecular weight excluding hydrogens is 192 g/mol. The van der Waals surface area contributed by atoms with Crippen molar-refractivity contribution < 1.29 is 0 Å². The maximum absolute atomic E-state index is 5.20. The quantitative estimate of drug-likeness (QED) is 0.553. The highest BCUT2D eigenvalue weighted by molar-refractivity contribution is 7.99. The Morgan fingerprint density at radius 1 is 1.57 bits per heavy atom. The average molecular weight is 212 g/mol. The van der Waals surface area contributed by atoms with Gasteiger partial charge in [-0.05, 0) is 13.8 Å². The molecule has 1 aliphatic heterocycles. The number of rotatable bonds is 4. The minimum absolute atomic E-state index is 0.629. The Morgan fingerprint density at radius 2 is 2.36 bits per heavy atom. The van der Waals surface area contributed by atoms with Gasteiger partial charge in [0.1, 0.15) is 0 Å². The summed E-state index contributed by atoms with van der Waals surface area (Å²) in [6.07, 6.45) is 5.20. The van der Waals surface area contributed by atoms with Crippen LogP contribution in [0.4, 0.5) is 0 Å². The summed E-state index contributed by atoms with van der Waals surface area (Å²) in [6, 6.07) is 1.29. The maximum atomic E-state index is 5.20. The first-order valence-electron chi connectivity index (χ1n) is 5.22. The van der Waals surface area contributed by atoms with E-state index in [1.54, 1.807) is 0 Å². The molecule has 1 heterocycles. The SMILES string of the molecule is C#CCSCCN1CC(C)NCC1C. The monoisotopic (exact) mass is 212 g/mol. The molecular formula is C11H20N2S. The minimum Gasteiger partial charge on any atom is -0.311 e. The molecule has 2 atom stereocenters. The molecule has 0 saturated carbocycles. The summed E-state index contributed by atoms with van der Waals surface area (Å²) in [5.74, 6) is 4.65. The number of nitrogens with one attached hydrogen (secondary N) is 1. The molecule has 2 nitrogen and oxygen atoms in total. The van der Waals surface area contributed by atoms with E-state index < -0.39 is 0 Å². The number of hydrogen-bond donors (Lipinski definition) is 1. The summed E-state index contributed by atoms with van der Waals surface area (Å²) in [6.45, 7) is 7.97. The van der Waals surface area contributed by atoms with E-state index >= 15 is 0 Å². The number of nitrogens with zero attached hydrogens (tertiary/aromatic N) is 1. The molecule has 0 spiro atoms. The Balaban J connectivity index is 2.18. The summed E-state index contributed by atoms with van der Waals surface area (Å²) in [5, 5.41) is 3.48. The van der Waals surface area contributed by atoms with Crippen LogP contribution in [0, 0.1) is 12.3 Å². The molecule has 0 aromatic heterocycles. The third kappa shape index (κ3) is 3.91. The van der Waals surface area contributed by atoms with Gasteiger partial charge in [0.15, 0.2) is 0 Å². The summed E-state index contributed by atoms with van der Waals surface area (Å²) in [7, 11) is 0. The smallest absolute Gasteiger partial charge is 0.0545 e. The van der Waals surface area contributed by atoms with Gasteiger partial charge in [-0.3, -0.25) is 4.90 Å². The first-order valence-corrected chi connectivity index (χ1v) is 6.38. The van der Waals surface area contributed by atoms with E-state index in [9.17, 15) is 0 Å². The summed E-state index contributed by atoms with van der Waals surface area (Å²) < 4.78 is 0. The van der Waals surface area contributed by atoms with Crippen LogP contribution in [0.25, 0.3) is 0 Å². The van der Waals surface area contributed by atoms with E-state index in [0.29, 0.717) is 12.1 Å². The molecule has 1 N–H and O–H groups in total. The van der Waals surface area contributed by atoms with E-state index in [1.165, 1.54) is 6.54 Å². The van der Waals surface area contributed by atoms with Crippen molar-refractivity contribution in [2.45, 2.75) is 25.9 Å². The molecule has 1 fully saturated rings. The molecule has 0 amide bonds. The van der Waals surface area contributed by atoms with Crippen LogP contribution in [0.15, 0.2) is 0 Å². The fourth-order valence-electron chi connectivity index (χ4n) is 1.72. The highest BCUT2D eigenvalue weighted by Gasteiger charge is 2.21. The van der Waals surface area contributed by atoms with Crippen molar-refractivity contribution in [3.63, 3.8) is 0 Å². The topological polar surface area (TPSA) is 15.3 Å². The molecule has 14 heavy (non-hydrogen) atoms. The van der Waals surface area contributed by atoms with Crippen LogP contribution in [-0.4, -0.2) is 48.1 Å². The third-order valence-electron chi connectivity index (χ3n) is 2.60. The van der Waals surface area contributed by atoms with Crippen molar-refractivity contribution in [2.24, 2.45) is 0 Å². The summed E-state index contributed by atoms with van der Waals surface area (Å²) in [5.41, 5.74) is 0. The Labute approximate surface area is 91.8 Å². The average Bonchev–Trinajstić information content (AvgIpc) is 2.18. The third-order valence-corrected chi connectivity index (χ3v) is 3.44. The Bertz CT molecular complexity index is 200. The highest BCUT2D eigenvalue weighted by atomic mass is 32.2. The van der Waals surface area contributed by atoms with Gasteiger partial charge in [0.25, 0.3) is 0 Å². The number of thioether (sulfide) groups is 1. The lowest BCUT2D eigenvalue weighted by Crippen LogP contribution is -2.54. The molecule has 0 aliphatic carbocycles. The Morgan fingerprint density at radius 3 is 3.07 bits per heavy atom. The molecule has 1 saturated heterocycles. The molecule has 1 aliphatic rings. The van der Waals surface area contributed by atoms with Crippen LogP contribution in [0.1, 0.15) is 13.8 Å². The lowest BCUT2D eigenvalue weighted by molar-refractivity contribution is 0.156. The molecule has 3 heteroatoms. The molecule has 1 rings (SSSR count). The van der Waals surface area contributed by atoms with Gasteiger partial charge in [0.05, 0.1) is 5.75 Å². The van der Waals surface area contributed by atoms with E-state index in [-0.39, 0.29) is 0 Å². The molecule has 2 unspecified atom stereocenters. The van der Waals surface area contributed by atoms with Crippen molar-refractivity contribution in [1.82, 2.24) is 10.2 Å². The minimum atomic E-state index is 0.629. The predicted octanol–water partition coefficient (Wildman–Crippen LogP) is 1.03. The van der Waals surface area contributed by atoms with Gasteiger partial charge in [-0.15, -0.1) is 18.2 Å². The van der Waals surface area contributed by atoms with Crippen LogP contribution < -0.4 is 5.32 Å². The zero-order chi connectivity index (χ0) is 10.4. The second kappa shape index (κ2) is 6.34. The molecule has 0 aromatic rings. The van der Waals surface area contributed by atoms with Gasteiger partial charge in [-0.1, -0.05) is 5.92 Å². The van der Waals surface area contributed by atoms with Crippen molar-refractivity contribution in [3.8, 4) is 12.3 Å².